The van der Waals surface area contributed by atoms with E-state index in [1.165, 1.54) is 16.8 Å². The van der Waals surface area contributed by atoms with Crippen LogP contribution in [0.15, 0.2) is 24.3 Å². The summed E-state index contributed by atoms with van der Waals surface area (Å²) in [4.78, 5) is 2.36. The molecule has 0 fully saturated rings. The van der Waals surface area contributed by atoms with Crippen LogP contribution in [0.1, 0.15) is 29.2 Å². The van der Waals surface area contributed by atoms with Gasteiger partial charge < -0.3 is 24.2 Å². The standard InChI is InChI=1S/C21H23NO4/c1-12-14-5-6-18(24-2)21(26-4)16(14)11-22-8-7-13-9-19(25-3)17(23)10-15(13)20(12)22/h5-6,9-10,23H,7-8,11H2,1-4H3. The summed E-state index contributed by atoms with van der Waals surface area (Å²) in [5, 5.41) is 10.3. The number of phenolic OH excluding ortho intramolecular Hbond substituents is 1. The van der Waals surface area contributed by atoms with Crippen molar-refractivity contribution in [2.24, 2.45) is 0 Å². The molecule has 0 saturated heterocycles. The van der Waals surface area contributed by atoms with E-state index in [2.05, 4.69) is 17.9 Å². The van der Waals surface area contributed by atoms with Gasteiger partial charge in [0.2, 0.25) is 0 Å². The smallest absolute Gasteiger partial charge is 0.166 e. The average molecular weight is 353 g/mol. The van der Waals surface area contributed by atoms with Gasteiger partial charge in [-0.2, -0.15) is 0 Å². The summed E-state index contributed by atoms with van der Waals surface area (Å²) >= 11 is 0. The van der Waals surface area contributed by atoms with E-state index in [9.17, 15) is 5.11 Å². The molecule has 5 nitrogen and oxygen atoms in total. The van der Waals surface area contributed by atoms with Gasteiger partial charge in [0.1, 0.15) is 0 Å². The molecule has 2 aliphatic rings. The summed E-state index contributed by atoms with van der Waals surface area (Å²) in [5.41, 5.74) is 6.94. The lowest BCUT2D eigenvalue weighted by atomic mass is 9.86. The van der Waals surface area contributed by atoms with Crippen LogP contribution in [0.4, 0.5) is 0 Å². The predicted octanol–water partition coefficient (Wildman–Crippen LogP) is 3.68. The van der Waals surface area contributed by atoms with E-state index < -0.39 is 0 Å². The zero-order valence-corrected chi connectivity index (χ0v) is 15.5. The molecule has 26 heavy (non-hydrogen) atoms. The van der Waals surface area contributed by atoms with Crippen molar-refractivity contribution >= 4 is 11.3 Å². The molecule has 2 aromatic carbocycles. The summed E-state index contributed by atoms with van der Waals surface area (Å²) < 4.78 is 16.4. The first kappa shape index (κ1) is 16.6. The van der Waals surface area contributed by atoms with Gasteiger partial charge in [-0.15, -0.1) is 0 Å². The number of allylic oxidation sites excluding steroid dienone is 1. The Balaban J connectivity index is 1.93. The highest BCUT2D eigenvalue weighted by Crippen LogP contribution is 2.47. The van der Waals surface area contributed by atoms with E-state index in [1.807, 2.05) is 18.2 Å². The van der Waals surface area contributed by atoms with Gasteiger partial charge in [0.05, 0.1) is 21.3 Å². The molecule has 1 N–H and O–H groups in total. The summed E-state index contributed by atoms with van der Waals surface area (Å²) in [6.45, 7) is 3.80. The van der Waals surface area contributed by atoms with Crippen LogP contribution in [0, 0.1) is 0 Å². The fraction of sp³-hybridized carbons (Fsp3) is 0.333. The number of phenols is 1. The van der Waals surface area contributed by atoms with Gasteiger partial charge in [-0.05, 0) is 48.2 Å². The molecule has 2 aliphatic heterocycles. The quantitative estimate of drug-likeness (QED) is 0.912. The topological polar surface area (TPSA) is 51.2 Å². The minimum Gasteiger partial charge on any atom is -0.504 e. The third-order valence-corrected chi connectivity index (χ3v) is 5.38. The van der Waals surface area contributed by atoms with Crippen LogP contribution < -0.4 is 14.2 Å². The predicted molar refractivity (Wildman–Crippen MR) is 101 cm³/mol. The monoisotopic (exact) mass is 353 g/mol. The van der Waals surface area contributed by atoms with Gasteiger partial charge in [0.25, 0.3) is 0 Å². The van der Waals surface area contributed by atoms with E-state index in [0.29, 0.717) is 5.75 Å². The number of methoxy groups -OCH3 is 3. The van der Waals surface area contributed by atoms with Crippen LogP contribution in [-0.2, 0) is 13.0 Å². The van der Waals surface area contributed by atoms with Crippen molar-refractivity contribution in [2.75, 3.05) is 27.9 Å². The SMILES string of the molecule is COc1cc2c(cc1O)C1=C(C)c3ccc(OC)c(OC)c3CN1CC2. The molecule has 0 aliphatic carbocycles. The highest BCUT2D eigenvalue weighted by molar-refractivity contribution is 5.94. The third kappa shape index (κ3) is 2.30. The van der Waals surface area contributed by atoms with E-state index in [0.717, 1.165) is 47.7 Å². The van der Waals surface area contributed by atoms with Gasteiger partial charge in [0.15, 0.2) is 23.0 Å². The van der Waals surface area contributed by atoms with E-state index in [4.69, 9.17) is 14.2 Å². The maximum absolute atomic E-state index is 10.3. The lowest BCUT2D eigenvalue weighted by Gasteiger charge is -2.39. The fourth-order valence-electron chi connectivity index (χ4n) is 4.15. The van der Waals surface area contributed by atoms with Gasteiger partial charge >= 0.3 is 0 Å². The van der Waals surface area contributed by atoms with Crippen LogP contribution in [0.3, 0.4) is 0 Å². The first-order valence-electron chi connectivity index (χ1n) is 8.69. The van der Waals surface area contributed by atoms with E-state index in [1.54, 1.807) is 21.3 Å². The Morgan fingerprint density at radius 2 is 1.73 bits per heavy atom. The van der Waals surface area contributed by atoms with Crippen molar-refractivity contribution < 1.29 is 19.3 Å². The Hall–Kier alpha value is -2.82. The Labute approximate surface area is 153 Å². The van der Waals surface area contributed by atoms with Gasteiger partial charge in [-0.3, -0.25) is 0 Å². The molecule has 0 radical (unpaired) electrons. The van der Waals surface area contributed by atoms with Crippen LogP contribution in [0.5, 0.6) is 23.0 Å². The second kappa shape index (κ2) is 6.16. The second-order valence-electron chi connectivity index (χ2n) is 6.65. The van der Waals surface area contributed by atoms with Crippen LogP contribution in [0.2, 0.25) is 0 Å². The Kier molecular flexibility index (Phi) is 3.94. The number of aromatic hydroxyl groups is 1. The minimum atomic E-state index is 0.173. The zero-order valence-electron chi connectivity index (χ0n) is 15.5. The highest BCUT2D eigenvalue weighted by atomic mass is 16.5. The molecule has 0 spiro atoms. The van der Waals surface area contributed by atoms with Crippen LogP contribution in [-0.4, -0.2) is 37.9 Å². The normalized spacial score (nSPS) is 15.2. The molecule has 0 aromatic heterocycles. The van der Waals surface area contributed by atoms with Crippen LogP contribution in [0.25, 0.3) is 11.3 Å². The highest BCUT2D eigenvalue weighted by Gasteiger charge is 2.31. The van der Waals surface area contributed by atoms with Crippen molar-refractivity contribution in [3.8, 4) is 23.0 Å². The lowest BCUT2D eigenvalue weighted by molar-refractivity contribution is 0.332. The second-order valence-corrected chi connectivity index (χ2v) is 6.65. The molecule has 0 bridgehead atoms. The maximum atomic E-state index is 10.3. The molecule has 0 atom stereocenters. The van der Waals surface area contributed by atoms with Crippen molar-refractivity contribution in [3.05, 3.63) is 46.5 Å². The zero-order chi connectivity index (χ0) is 18.4. The number of benzene rings is 2. The fourth-order valence-corrected chi connectivity index (χ4v) is 4.15. The van der Waals surface area contributed by atoms with Crippen molar-refractivity contribution in [1.82, 2.24) is 4.90 Å². The number of rotatable bonds is 3. The maximum Gasteiger partial charge on any atom is 0.166 e. The number of hydrogen-bond acceptors (Lipinski definition) is 5. The third-order valence-electron chi connectivity index (χ3n) is 5.38. The van der Waals surface area contributed by atoms with E-state index >= 15 is 0 Å². The van der Waals surface area contributed by atoms with Crippen molar-refractivity contribution in [3.63, 3.8) is 0 Å². The summed E-state index contributed by atoms with van der Waals surface area (Å²) in [6.07, 6.45) is 0.907. The molecule has 5 heteroatoms. The largest absolute Gasteiger partial charge is 0.504 e. The van der Waals surface area contributed by atoms with Crippen molar-refractivity contribution in [2.45, 2.75) is 19.9 Å². The summed E-state index contributed by atoms with van der Waals surface area (Å²) in [6, 6.07) is 7.82. The van der Waals surface area contributed by atoms with Crippen molar-refractivity contribution in [1.29, 1.82) is 0 Å². The molecular formula is C21H23NO4. The van der Waals surface area contributed by atoms with E-state index in [-0.39, 0.29) is 5.75 Å². The number of ether oxygens (including phenoxy) is 3. The summed E-state index contributed by atoms with van der Waals surface area (Å²) in [5.74, 6) is 2.25. The Morgan fingerprint density at radius 3 is 2.42 bits per heavy atom. The summed E-state index contributed by atoms with van der Waals surface area (Å²) in [7, 11) is 4.93. The molecule has 4 rings (SSSR count). The molecule has 0 saturated carbocycles. The lowest BCUT2D eigenvalue weighted by Crippen LogP contribution is -2.32. The Morgan fingerprint density at radius 1 is 0.962 bits per heavy atom. The Bertz CT molecular complexity index is 917. The minimum absolute atomic E-state index is 0.173. The van der Waals surface area contributed by atoms with Gasteiger partial charge in [-0.1, -0.05) is 6.07 Å². The first-order chi connectivity index (χ1) is 12.6. The molecule has 0 unspecified atom stereocenters. The molecule has 2 heterocycles. The average Bonchev–Trinajstić information content (AvgIpc) is 2.66. The molecular weight excluding hydrogens is 330 g/mol. The molecule has 0 amide bonds. The van der Waals surface area contributed by atoms with Gasteiger partial charge in [-0.25, -0.2) is 0 Å². The molecule has 2 aromatic rings. The number of fused-ring (bicyclic) bond motifs is 4. The molecule has 136 valence electrons. The number of nitrogens with zero attached hydrogens (tertiary/aromatic N) is 1. The number of hydrogen-bond donors (Lipinski definition) is 1. The van der Waals surface area contributed by atoms with Crippen LogP contribution >= 0.6 is 0 Å². The first-order valence-corrected chi connectivity index (χ1v) is 8.69. The van der Waals surface area contributed by atoms with Gasteiger partial charge in [0, 0.05) is 29.9 Å².